The van der Waals surface area contributed by atoms with Crippen LogP contribution in [0.3, 0.4) is 0 Å². The van der Waals surface area contributed by atoms with Crippen LogP contribution in [0.25, 0.3) is 0 Å². The molecule has 1 aromatic carbocycles. The highest BCUT2D eigenvalue weighted by Gasteiger charge is 2.65. The summed E-state index contributed by atoms with van der Waals surface area (Å²) in [5, 5.41) is 23.4. The Bertz CT molecular complexity index is 1020. The molecule has 0 aromatic heterocycles. The van der Waals surface area contributed by atoms with Crippen molar-refractivity contribution >= 4 is 14.6 Å². The second-order valence-electron chi connectivity index (χ2n) is 13.2. The van der Waals surface area contributed by atoms with Gasteiger partial charge in [-0.25, -0.2) is 0 Å². The van der Waals surface area contributed by atoms with Crippen molar-refractivity contribution < 1.29 is 43.1 Å². The highest BCUT2D eigenvalue weighted by molar-refractivity contribution is 6.74. The minimum atomic E-state index is -2.33. The maximum atomic E-state index is 12.4. The number of hydrogen-bond donors (Lipinski definition) is 2. The molecule has 1 saturated heterocycles. The van der Waals surface area contributed by atoms with Crippen molar-refractivity contribution in [1.29, 1.82) is 0 Å². The third-order valence-corrected chi connectivity index (χ3v) is 13.7. The summed E-state index contributed by atoms with van der Waals surface area (Å²) in [5.41, 5.74) is 0.629. The topological polar surface area (TPSA) is 113 Å². The number of aliphatic hydroxyl groups is 2. The number of aliphatic hydroxyl groups excluding tert-OH is 2. The first-order valence-electron chi connectivity index (χ1n) is 13.8. The first kappa shape index (κ1) is 30.4. The Balaban J connectivity index is 1.77. The van der Waals surface area contributed by atoms with Gasteiger partial charge < -0.3 is 43.1 Å². The SMILES string of the molecule is COCOc1cc(C(O)[C@@H]2C[C@@H](C=O)[C@@H]3[C@H](O)[C@H]4OC(C)(C)O[C@H]4[C@H](O[Si](C)(C)C(C)(C)C)[C@@H]32)ccc1OC. The number of carbonyl (C=O) groups is 1. The maximum absolute atomic E-state index is 12.4. The minimum Gasteiger partial charge on any atom is -0.493 e. The van der Waals surface area contributed by atoms with Crippen molar-refractivity contribution in [3.8, 4) is 11.5 Å². The summed E-state index contributed by atoms with van der Waals surface area (Å²) >= 11 is 0. The zero-order chi connectivity index (χ0) is 28.9. The predicted octanol–water partition coefficient (Wildman–Crippen LogP) is 4.06. The highest BCUT2D eigenvalue weighted by Crippen LogP contribution is 2.57. The van der Waals surface area contributed by atoms with Crippen LogP contribution in [0, 0.1) is 23.7 Å². The molecule has 39 heavy (non-hydrogen) atoms. The van der Waals surface area contributed by atoms with Gasteiger partial charge >= 0.3 is 0 Å². The first-order chi connectivity index (χ1) is 18.2. The van der Waals surface area contributed by atoms with Gasteiger partial charge in [-0.15, -0.1) is 0 Å². The fraction of sp³-hybridized carbons (Fsp3) is 0.759. The van der Waals surface area contributed by atoms with Crippen LogP contribution in [0.2, 0.25) is 18.1 Å². The standard InChI is InChI=1S/C29H46O9Si/c1-28(2,3)39(8,9)38-25-22-18(23(31)16-10-11-19(34-7)20(13-16)35-15-33-6)12-17(14-30)21(22)24(32)26-27(25)37-29(4,5)36-26/h10-11,13-14,17-18,21-27,31-32H,12,15H2,1-9H3/t17-,18+,21-,22+,23?,24-,25+,26+,27-/m0/s1. The second kappa shape index (κ2) is 11.0. The summed E-state index contributed by atoms with van der Waals surface area (Å²) in [6, 6.07) is 5.30. The number of aldehydes is 1. The first-order valence-corrected chi connectivity index (χ1v) is 16.7. The quantitative estimate of drug-likeness (QED) is 0.260. The van der Waals surface area contributed by atoms with Crippen molar-refractivity contribution in [2.45, 2.75) is 95.5 Å². The molecule has 1 aliphatic heterocycles. The minimum absolute atomic E-state index is 0.0298. The summed E-state index contributed by atoms with van der Waals surface area (Å²) in [6.45, 7) is 14.6. The predicted molar refractivity (Wildman–Crippen MR) is 147 cm³/mol. The summed E-state index contributed by atoms with van der Waals surface area (Å²) in [5.74, 6) is -1.52. The molecule has 1 aromatic rings. The molecule has 0 amide bonds. The Morgan fingerprint density at radius 3 is 2.38 bits per heavy atom. The van der Waals surface area contributed by atoms with Gasteiger partial charge in [-0.05, 0) is 67.9 Å². The van der Waals surface area contributed by atoms with E-state index >= 15 is 0 Å². The van der Waals surface area contributed by atoms with Crippen LogP contribution in [0.4, 0.5) is 0 Å². The van der Waals surface area contributed by atoms with Crippen LogP contribution in [0.1, 0.15) is 52.7 Å². The van der Waals surface area contributed by atoms with Crippen LogP contribution < -0.4 is 9.47 Å². The molecule has 9 nitrogen and oxygen atoms in total. The molecule has 220 valence electrons. The van der Waals surface area contributed by atoms with Gasteiger partial charge in [0.2, 0.25) is 0 Å². The molecule has 0 radical (unpaired) electrons. The normalized spacial score (nSPS) is 34.7. The van der Waals surface area contributed by atoms with Gasteiger partial charge in [0.15, 0.2) is 32.4 Å². The zero-order valence-corrected chi connectivity index (χ0v) is 25.7. The zero-order valence-electron chi connectivity index (χ0n) is 24.7. The third kappa shape index (κ3) is 5.66. The number of ether oxygens (including phenoxy) is 5. The van der Waals surface area contributed by atoms with Crippen molar-refractivity contribution in [3.63, 3.8) is 0 Å². The van der Waals surface area contributed by atoms with Gasteiger partial charge in [0.05, 0.1) is 25.4 Å². The molecule has 3 fully saturated rings. The van der Waals surface area contributed by atoms with Crippen LogP contribution in [0.5, 0.6) is 11.5 Å². The molecule has 10 heteroatoms. The molecule has 0 spiro atoms. The molecule has 9 atom stereocenters. The Hall–Kier alpha value is -1.53. The summed E-state index contributed by atoms with van der Waals surface area (Å²) in [4.78, 5) is 12.4. The van der Waals surface area contributed by atoms with Gasteiger partial charge in [0.25, 0.3) is 0 Å². The lowest BCUT2D eigenvalue weighted by molar-refractivity contribution is -0.158. The highest BCUT2D eigenvalue weighted by atomic mass is 28.4. The average Bonchev–Trinajstić information content (AvgIpc) is 3.41. The lowest BCUT2D eigenvalue weighted by Gasteiger charge is -2.50. The fourth-order valence-corrected chi connectivity index (χ4v) is 7.75. The lowest BCUT2D eigenvalue weighted by Crippen LogP contribution is -2.62. The largest absolute Gasteiger partial charge is 0.493 e. The molecular weight excluding hydrogens is 520 g/mol. The molecule has 2 N–H and O–H groups in total. The summed E-state index contributed by atoms with van der Waals surface area (Å²) in [6.07, 6.45) is -2.14. The molecule has 2 saturated carbocycles. The van der Waals surface area contributed by atoms with Gasteiger partial charge in [-0.2, -0.15) is 0 Å². The number of fused-ring (bicyclic) bond motifs is 2. The van der Waals surface area contributed by atoms with Crippen LogP contribution in [-0.2, 0) is 23.4 Å². The third-order valence-electron chi connectivity index (χ3n) is 9.25. The number of rotatable bonds is 9. The van der Waals surface area contributed by atoms with E-state index in [1.807, 2.05) is 13.8 Å². The van der Waals surface area contributed by atoms with E-state index in [1.54, 1.807) is 25.3 Å². The molecule has 3 aliphatic rings. The van der Waals surface area contributed by atoms with Gasteiger partial charge in [0.1, 0.15) is 18.5 Å². The second-order valence-corrected chi connectivity index (χ2v) is 17.9. The molecule has 4 rings (SSSR count). The Kier molecular flexibility index (Phi) is 8.61. The van der Waals surface area contributed by atoms with Crippen molar-refractivity contribution in [2.75, 3.05) is 21.0 Å². The Morgan fingerprint density at radius 1 is 1.13 bits per heavy atom. The number of benzene rings is 1. The summed E-state index contributed by atoms with van der Waals surface area (Å²) in [7, 11) is 0.752. The molecule has 2 aliphatic carbocycles. The average molecular weight is 567 g/mol. The van der Waals surface area contributed by atoms with Crippen LogP contribution in [-0.4, -0.2) is 76.0 Å². The molecule has 1 heterocycles. The van der Waals surface area contributed by atoms with E-state index in [1.165, 1.54) is 7.11 Å². The number of methoxy groups -OCH3 is 2. The maximum Gasteiger partial charge on any atom is 0.192 e. The van der Waals surface area contributed by atoms with Crippen molar-refractivity contribution in [2.24, 2.45) is 23.7 Å². The van der Waals surface area contributed by atoms with E-state index < -0.39 is 56.5 Å². The van der Waals surface area contributed by atoms with Crippen molar-refractivity contribution in [1.82, 2.24) is 0 Å². The smallest absolute Gasteiger partial charge is 0.192 e. The van der Waals surface area contributed by atoms with E-state index in [2.05, 4.69) is 33.9 Å². The monoisotopic (exact) mass is 566 g/mol. The number of carbonyl (C=O) groups excluding carboxylic acids is 1. The van der Waals surface area contributed by atoms with Crippen LogP contribution >= 0.6 is 0 Å². The Morgan fingerprint density at radius 2 is 1.79 bits per heavy atom. The van der Waals surface area contributed by atoms with Gasteiger partial charge in [-0.3, -0.25) is 0 Å². The van der Waals surface area contributed by atoms with Crippen molar-refractivity contribution in [3.05, 3.63) is 23.8 Å². The Labute approximate surface area is 233 Å². The number of hydrogen-bond acceptors (Lipinski definition) is 9. The fourth-order valence-electron chi connectivity index (χ4n) is 6.42. The lowest BCUT2D eigenvalue weighted by atomic mass is 9.68. The van der Waals surface area contributed by atoms with Gasteiger partial charge in [-0.1, -0.05) is 26.8 Å². The van der Waals surface area contributed by atoms with E-state index in [9.17, 15) is 15.0 Å². The van der Waals surface area contributed by atoms with E-state index in [0.717, 1.165) is 6.29 Å². The molecule has 1 unspecified atom stereocenters. The summed E-state index contributed by atoms with van der Waals surface area (Å²) < 4.78 is 35.8. The van der Waals surface area contributed by atoms with Gasteiger partial charge in [0, 0.05) is 18.9 Å². The van der Waals surface area contributed by atoms with Crippen LogP contribution in [0.15, 0.2) is 18.2 Å². The van der Waals surface area contributed by atoms with E-state index in [4.69, 9.17) is 28.1 Å². The van der Waals surface area contributed by atoms with E-state index in [-0.39, 0.29) is 23.7 Å². The molecular formula is C29H46O9Si. The molecule has 0 bridgehead atoms. The van der Waals surface area contributed by atoms with E-state index in [0.29, 0.717) is 23.5 Å².